The molecule has 5 heteroatoms. The van der Waals surface area contributed by atoms with Crippen LogP contribution in [0.1, 0.15) is 100 Å². The minimum absolute atomic E-state index is 0.0725. The molecular weight excluding hydrogens is 464 g/mol. The van der Waals surface area contributed by atoms with Crippen molar-refractivity contribution in [3.05, 3.63) is 36.0 Å². The first-order valence-corrected chi connectivity index (χ1v) is 14.8. The van der Waals surface area contributed by atoms with E-state index in [0.29, 0.717) is 43.0 Å². The highest BCUT2D eigenvalue weighted by Gasteiger charge is 2.42. The predicted octanol–water partition coefficient (Wildman–Crippen LogP) is 7.80. The van der Waals surface area contributed by atoms with Gasteiger partial charge in [0.2, 0.25) is 0 Å². The third-order valence-corrected chi connectivity index (χ3v) is 7.66. The van der Waals surface area contributed by atoms with E-state index in [1.54, 1.807) is 0 Å². The number of esters is 1. The molecule has 0 bridgehead atoms. The highest BCUT2D eigenvalue weighted by atomic mass is 16.7. The van der Waals surface area contributed by atoms with Gasteiger partial charge in [0.15, 0.2) is 12.4 Å². The molecule has 2 heterocycles. The number of carbonyl (C=O) groups excluding carboxylic acids is 1. The molecule has 5 nitrogen and oxygen atoms in total. The van der Waals surface area contributed by atoms with Gasteiger partial charge in [-0.3, -0.25) is 0 Å². The summed E-state index contributed by atoms with van der Waals surface area (Å²) >= 11 is 0. The number of rotatable bonds is 12. The molecule has 0 aliphatic carbocycles. The van der Waals surface area contributed by atoms with Crippen LogP contribution in [0.25, 0.3) is 0 Å². The van der Waals surface area contributed by atoms with Crippen LogP contribution in [0.15, 0.2) is 36.0 Å². The summed E-state index contributed by atoms with van der Waals surface area (Å²) in [6.07, 6.45) is 17.5. The van der Waals surface area contributed by atoms with Crippen LogP contribution in [-0.4, -0.2) is 43.3 Å². The molecule has 212 valence electrons. The van der Waals surface area contributed by atoms with Gasteiger partial charge < -0.3 is 18.9 Å². The molecule has 0 radical (unpaired) electrons. The Morgan fingerprint density at radius 1 is 1.19 bits per heavy atom. The van der Waals surface area contributed by atoms with Gasteiger partial charge in [-0.1, -0.05) is 77.8 Å². The number of cyclic esters (lactones) is 1. The fourth-order valence-electron chi connectivity index (χ4n) is 5.36. The van der Waals surface area contributed by atoms with Crippen LogP contribution < -0.4 is 0 Å². The normalized spacial score (nSPS) is 32.3. The van der Waals surface area contributed by atoms with Crippen molar-refractivity contribution in [3.63, 3.8) is 0 Å². The molecule has 9 unspecified atom stereocenters. The van der Waals surface area contributed by atoms with Gasteiger partial charge >= 0.3 is 5.97 Å². The van der Waals surface area contributed by atoms with Crippen molar-refractivity contribution in [1.29, 1.82) is 0 Å². The summed E-state index contributed by atoms with van der Waals surface area (Å²) in [6, 6.07) is 0. The number of allylic oxidation sites excluding steroid dienone is 4. The SMILES string of the molecule is CCCC(C)C1OC1CC(C)C=CC=C(C)C1OC(=O)C(OC(C)OCC)CCCC(C)CC=CC1C. The molecule has 0 aromatic rings. The fraction of sp³-hybridized carbons (Fsp3) is 0.781. The summed E-state index contributed by atoms with van der Waals surface area (Å²) in [5, 5.41) is 0. The molecule has 1 saturated heterocycles. The Balaban J connectivity index is 2.07. The lowest BCUT2D eigenvalue weighted by atomic mass is 9.93. The first kappa shape index (κ1) is 31.8. The lowest BCUT2D eigenvalue weighted by Gasteiger charge is -2.28. The molecule has 0 aromatic heterocycles. The van der Waals surface area contributed by atoms with Crippen molar-refractivity contribution in [2.75, 3.05) is 6.61 Å². The average molecular weight is 519 g/mol. The molecule has 0 spiro atoms. The van der Waals surface area contributed by atoms with Crippen LogP contribution in [0.5, 0.6) is 0 Å². The molecule has 2 rings (SSSR count). The highest BCUT2D eigenvalue weighted by molar-refractivity contribution is 5.75. The Bertz CT molecular complexity index is 756. The molecule has 2 aliphatic rings. The van der Waals surface area contributed by atoms with E-state index >= 15 is 0 Å². The zero-order valence-electron chi connectivity index (χ0n) is 24.8. The van der Waals surface area contributed by atoms with Crippen molar-refractivity contribution in [2.45, 2.75) is 131 Å². The highest BCUT2D eigenvalue weighted by Crippen LogP contribution is 2.36. The third-order valence-electron chi connectivity index (χ3n) is 7.66. The van der Waals surface area contributed by atoms with Crippen molar-refractivity contribution >= 4 is 5.97 Å². The lowest BCUT2D eigenvalue weighted by Crippen LogP contribution is -2.36. The second-order valence-electron chi connectivity index (χ2n) is 11.5. The van der Waals surface area contributed by atoms with Gasteiger partial charge in [-0.2, -0.15) is 0 Å². The maximum absolute atomic E-state index is 13.3. The summed E-state index contributed by atoms with van der Waals surface area (Å²) in [5.74, 6) is 1.43. The quantitative estimate of drug-likeness (QED) is 0.0867. The maximum Gasteiger partial charge on any atom is 0.335 e. The summed E-state index contributed by atoms with van der Waals surface area (Å²) in [4.78, 5) is 13.3. The van der Waals surface area contributed by atoms with Crippen molar-refractivity contribution in [2.24, 2.45) is 23.7 Å². The van der Waals surface area contributed by atoms with E-state index in [1.165, 1.54) is 12.8 Å². The van der Waals surface area contributed by atoms with E-state index in [4.69, 9.17) is 18.9 Å². The molecule has 0 amide bonds. The van der Waals surface area contributed by atoms with Crippen molar-refractivity contribution in [1.82, 2.24) is 0 Å². The molecular formula is C32H54O5. The second kappa shape index (κ2) is 16.5. The topological polar surface area (TPSA) is 57.3 Å². The minimum atomic E-state index is -0.614. The van der Waals surface area contributed by atoms with Gasteiger partial charge in [-0.25, -0.2) is 4.79 Å². The van der Waals surface area contributed by atoms with Crippen LogP contribution >= 0.6 is 0 Å². The van der Waals surface area contributed by atoms with Crippen LogP contribution in [0.2, 0.25) is 0 Å². The first-order valence-electron chi connectivity index (χ1n) is 14.8. The predicted molar refractivity (Wildman–Crippen MR) is 151 cm³/mol. The largest absolute Gasteiger partial charge is 0.455 e. The smallest absolute Gasteiger partial charge is 0.335 e. The Morgan fingerprint density at radius 2 is 1.95 bits per heavy atom. The number of hydrogen-bond donors (Lipinski definition) is 0. The monoisotopic (exact) mass is 518 g/mol. The Morgan fingerprint density at radius 3 is 2.65 bits per heavy atom. The molecule has 1 fully saturated rings. The minimum Gasteiger partial charge on any atom is -0.455 e. The Labute approximate surface area is 227 Å². The van der Waals surface area contributed by atoms with Crippen LogP contribution in [0, 0.1) is 23.7 Å². The number of hydrogen-bond acceptors (Lipinski definition) is 5. The van der Waals surface area contributed by atoms with Crippen LogP contribution in [-0.2, 0) is 23.7 Å². The maximum atomic E-state index is 13.3. The Kier molecular flexibility index (Phi) is 14.2. The standard InChI is InChI=1S/C32H54O5/c1-9-14-24(5)31-29(36-31)21-23(4)17-12-19-26(7)30-25(6)18-11-15-22(3)16-13-20-28(32(33)37-30)35-27(8)34-10-2/h11-12,17-19,22-25,27-31H,9-10,13-16,20-21H2,1-8H3. The van der Waals surface area contributed by atoms with Crippen LogP contribution in [0.3, 0.4) is 0 Å². The third kappa shape index (κ3) is 11.5. The molecule has 0 saturated carbocycles. The Hall–Kier alpha value is -1.43. The van der Waals surface area contributed by atoms with Gasteiger partial charge in [0, 0.05) is 12.5 Å². The second-order valence-corrected chi connectivity index (χ2v) is 11.5. The van der Waals surface area contributed by atoms with Gasteiger partial charge in [0.1, 0.15) is 6.10 Å². The van der Waals surface area contributed by atoms with E-state index in [9.17, 15) is 4.79 Å². The molecule has 0 N–H and O–H groups in total. The van der Waals surface area contributed by atoms with Gasteiger partial charge in [0.25, 0.3) is 0 Å². The zero-order chi connectivity index (χ0) is 27.4. The van der Waals surface area contributed by atoms with E-state index < -0.39 is 12.4 Å². The zero-order valence-corrected chi connectivity index (χ0v) is 24.8. The summed E-state index contributed by atoms with van der Waals surface area (Å²) < 4.78 is 23.6. The first-order chi connectivity index (χ1) is 17.7. The van der Waals surface area contributed by atoms with E-state index in [2.05, 4.69) is 71.9 Å². The molecule has 2 aliphatic heterocycles. The number of ether oxygens (including phenoxy) is 4. The van der Waals surface area contributed by atoms with Gasteiger partial charge in [-0.15, -0.1) is 0 Å². The molecule has 37 heavy (non-hydrogen) atoms. The van der Waals surface area contributed by atoms with E-state index in [1.807, 2.05) is 13.8 Å². The number of carbonyl (C=O) groups is 1. The molecule has 9 atom stereocenters. The average Bonchev–Trinajstić information content (AvgIpc) is 3.60. The lowest BCUT2D eigenvalue weighted by molar-refractivity contribution is -0.192. The van der Waals surface area contributed by atoms with Crippen molar-refractivity contribution in [3.8, 4) is 0 Å². The summed E-state index contributed by atoms with van der Waals surface area (Å²) in [7, 11) is 0. The molecule has 0 aromatic carbocycles. The van der Waals surface area contributed by atoms with E-state index in [-0.39, 0.29) is 18.0 Å². The summed E-state index contributed by atoms with van der Waals surface area (Å²) in [6.45, 7) is 17.5. The summed E-state index contributed by atoms with van der Waals surface area (Å²) in [5.41, 5.74) is 1.03. The van der Waals surface area contributed by atoms with E-state index in [0.717, 1.165) is 31.3 Å². The fourth-order valence-corrected chi connectivity index (χ4v) is 5.36. The van der Waals surface area contributed by atoms with Gasteiger partial charge in [0.05, 0.1) is 12.2 Å². The van der Waals surface area contributed by atoms with Crippen molar-refractivity contribution < 1.29 is 23.7 Å². The number of epoxide rings is 1. The van der Waals surface area contributed by atoms with Gasteiger partial charge in [-0.05, 0) is 76.2 Å². The van der Waals surface area contributed by atoms with Crippen LogP contribution in [0.4, 0.5) is 0 Å².